The van der Waals surface area contributed by atoms with Gasteiger partial charge in [-0.2, -0.15) is 0 Å². The van der Waals surface area contributed by atoms with Gasteiger partial charge >= 0.3 is 0 Å². The number of ether oxygens (including phenoxy) is 2. The number of halogens is 1. The molecule has 3 aromatic carbocycles. The first kappa shape index (κ1) is 20.6. The van der Waals surface area contributed by atoms with Crippen molar-refractivity contribution in [1.29, 1.82) is 0 Å². The van der Waals surface area contributed by atoms with Crippen LogP contribution in [0.2, 0.25) is 0 Å². The summed E-state index contributed by atoms with van der Waals surface area (Å²) in [6, 6.07) is 22.7. The standard InChI is InChI=1S/C25H25BrN2O2/c1-19-2-4-20(5-3-19)18-30-25-11-6-22(26)16-21(25)17-27-23-7-9-24(10-8-23)28-12-14-29-15-13-28/h2-11,16-17H,12-15,18H2,1H3. The van der Waals surface area contributed by atoms with Crippen LogP contribution in [0.3, 0.4) is 0 Å². The van der Waals surface area contributed by atoms with Crippen LogP contribution in [0.4, 0.5) is 11.4 Å². The minimum Gasteiger partial charge on any atom is -0.488 e. The van der Waals surface area contributed by atoms with Crippen molar-refractivity contribution in [2.24, 2.45) is 4.99 Å². The fourth-order valence-corrected chi connectivity index (χ4v) is 3.69. The van der Waals surface area contributed by atoms with Gasteiger partial charge in [0.2, 0.25) is 0 Å². The summed E-state index contributed by atoms with van der Waals surface area (Å²) in [5, 5.41) is 0. The zero-order valence-corrected chi connectivity index (χ0v) is 18.6. The largest absolute Gasteiger partial charge is 0.488 e. The molecule has 0 radical (unpaired) electrons. The van der Waals surface area contributed by atoms with E-state index in [2.05, 4.69) is 69.1 Å². The average Bonchev–Trinajstić information content (AvgIpc) is 2.79. The first-order chi connectivity index (χ1) is 14.7. The lowest BCUT2D eigenvalue weighted by atomic mass is 10.1. The number of morpholine rings is 1. The maximum Gasteiger partial charge on any atom is 0.128 e. The average molecular weight is 465 g/mol. The number of aryl methyl sites for hydroxylation is 1. The topological polar surface area (TPSA) is 34.1 Å². The summed E-state index contributed by atoms with van der Waals surface area (Å²) in [4.78, 5) is 7.00. The van der Waals surface area contributed by atoms with Gasteiger partial charge in [0.15, 0.2) is 0 Å². The van der Waals surface area contributed by atoms with Crippen LogP contribution in [0.1, 0.15) is 16.7 Å². The maximum atomic E-state index is 6.07. The van der Waals surface area contributed by atoms with E-state index in [1.807, 2.05) is 36.5 Å². The van der Waals surface area contributed by atoms with Gasteiger partial charge in [-0.05, 0) is 55.0 Å². The van der Waals surface area contributed by atoms with Crippen LogP contribution >= 0.6 is 15.9 Å². The van der Waals surface area contributed by atoms with Crippen LogP contribution < -0.4 is 9.64 Å². The van der Waals surface area contributed by atoms with E-state index >= 15 is 0 Å². The zero-order valence-electron chi connectivity index (χ0n) is 17.1. The van der Waals surface area contributed by atoms with E-state index in [0.717, 1.165) is 53.3 Å². The van der Waals surface area contributed by atoms with Gasteiger partial charge in [0.05, 0.1) is 18.9 Å². The third kappa shape index (κ3) is 5.49. The Hall–Kier alpha value is -2.63. The number of rotatable bonds is 6. The van der Waals surface area contributed by atoms with Crippen molar-refractivity contribution in [2.75, 3.05) is 31.2 Å². The van der Waals surface area contributed by atoms with Crippen molar-refractivity contribution in [3.63, 3.8) is 0 Å². The molecule has 30 heavy (non-hydrogen) atoms. The monoisotopic (exact) mass is 464 g/mol. The van der Waals surface area contributed by atoms with Crippen LogP contribution in [-0.4, -0.2) is 32.5 Å². The summed E-state index contributed by atoms with van der Waals surface area (Å²) in [5.74, 6) is 0.812. The second-order valence-electron chi connectivity index (χ2n) is 7.33. The summed E-state index contributed by atoms with van der Waals surface area (Å²) in [7, 11) is 0. The highest BCUT2D eigenvalue weighted by molar-refractivity contribution is 9.10. The Bertz CT molecular complexity index is 995. The van der Waals surface area contributed by atoms with Crippen LogP contribution in [0, 0.1) is 6.92 Å². The van der Waals surface area contributed by atoms with Gasteiger partial charge in [0.1, 0.15) is 12.4 Å². The molecular weight excluding hydrogens is 440 g/mol. The van der Waals surface area contributed by atoms with Gasteiger partial charge in [-0.25, -0.2) is 0 Å². The van der Waals surface area contributed by atoms with E-state index in [0.29, 0.717) is 6.61 Å². The van der Waals surface area contributed by atoms with E-state index in [-0.39, 0.29) is 0 Å². The Kier molecular flexibility index (Phi) is 6.82. The molecule has 154 valence electrons. The molecule has 0 aliphatic carbocycles. The number of anilines is 1. The molecule has 0 unspecified atom stereocenters. The predicted octanol–water partition coefficient (Wildman–Crippen LogP) is 5.92. The molecule has 1 aliphatic rings. The molecule has 1 aliphatic heterocycles. The summed E-state index contributed by atoms with van der Waals surface area (Å²) in [6.07, 6.45) is 1.86. The molecule has 5 heteroatoms. The fourth-order valence-electron chi connectivity index (χ4n) is 3.31. The molecule has 0 bridgehead atoms. The first-order valence-corrected chi connectivity index (χ1v) is 10.9. The highest BCUT2D eigenvalue weighted by Gasteiger charge is 2.10. The van der Waals surface area contributed by atoms with Crippen molar-refractivity contribution < 1.29 is 9.47 Å². The van der Waals surface area contributed by atoms with E-state index < -0.39 is 0 Å². The summed E-state index contributed by atoms with van der Waals surface area (Å²) in [5.41, 5.74) is 5.45. The van der Waals surface area contributed by atoms with E-state index in [4.69, 9.17) is 9.47 Å². The Morgan fingerprint density at radius 2 is 1.73 bits per heavy atom. The minimum absolute atomic E-state index is 0.525. The van der Waals surface area contributed by atoms with Gasteiger partial charge < -0.3 is 14.4 Å². The highest BCUT2D eigenvalue weighted by atomic mass is 79.9. The summed E-state index contributed by atoms with van der Waals surface area (Å²) in [6.45, 7) is 6.05. The van der Waals surface area contributed by atoms with E-state index in [9.17, 15) is 0 Å². The molecular formula is C25H25BrN2O2. The summed E-state index contributed by atoms with van der Waals surface area (Å²) >= 11 is 3.55. The minimum atomic E-state index is 0.525. The second-order valence-corrected chi connectivity index (χ2v) is 8.25. The molecule has 0 aromatic heterocycles. The molecule has 4 nitrogen and oxygen atoms in total. The highest BCUT2D eigenvalue weighted by Crippen LogP contribution is 2.25. The number of nitrogens with zero attached hydrogens (tertiary/aromatic N) is 2. The van der Waals surface area contributed by atoms with Crippen molar-refractivity contribution >= 4 is 33.5 Å². The molecule has 0 saturated carbocycles. The van der Waals surface area contributed by atoms with Crippen molar-refractivity contribution in [3.8, 4) is 5.75 Å². The lowest BCUT2D eigenvalue weighted by molar-refractivity contribution is 0.122. The van der Waals surface area contributed by atoms with Gasteiger partial charge in [-0.3, -0.25) is 4.99 Å². The molecule has 3 aromatic rings. The molecule has 0 spiro atoms. The molecule has 1 heterocycles. The molecule has 1 saturated heterocycles. The molecule has 0 N–H and O–H groups in total. The number of hydrogen-bond donors (Lipinski definition) is 0. The maximum absolute atomic E-state index is 6.07. The quantitative estimate of drug-likeness (QED) is 0.424. The third-order valence-corrected chi connectivity index (χ3v) is 5.56. The Balaban J connectivity index is 1.45. The third-order valence-electron chi connectivity index (χ3n) is 5.07. The molecule has 0 atom stereocenters. The SMILES string of the molecule is Cc1ccc(COc2ccc(Br)cc2C=Nc2ccc(N3CCOCC3)cc2)cc1. The van der Waals surface area contributed by atoms with Crippen LogP contribution in [0.15, 0.2) is 76.2 Å². The van der Waals surface area contributed by atoms with Crippen molar-refractivity contribution in [1.82, 2.24) is 0 Å². The fraction of sp³-hybridized carbons (Fsp3) is 0.240. The lowest BCUT2D eigenvalue weighted by Gasteiger charge is -2.28. The molecule has 0 amide bonds. The number of benzene rings is 3. The normalized spacial score (nSPS) is 14.3. The zero-order chi connectivity index (χ0) is 20.8. The van der Waals surface area contributed by atoms with Gasteiger partial charge in [0, 0.05) is 35.0 Å². The predicted molar refractivity (Wildman–Crippen MR) is 126 cm³/mol. The van der Waals surface area contributed by atoms with Gasteiger partial charge in [-0.15, -0.1) is 0 Å². The Morgan fingerprint density at radius 3 is 2.47 bits per heavy atom. The van der Waals surface area contributed by atoms with Crippen molar-refractivity contribution in [2.45, 2.75) is 13.5 Å². The van der Waals surface area contributed by atoms with Crippen LogP contribution in [-0.2, 0) is 11.3 Å². The molecule has 1 fully saturated rings. The van der Waals surface area contributed by atoms with E-state index in [1.54, 1.807) is 0 Å². The van der Waals surface area contributed by atoms with Gasteiger partial charge in [0.25, 0.3) is 0 Å². The molecule has 4 rings (SSSR count). The lowest BCUT2D eigenvalue weighted by Crippen LogP contribution is -2.36. The number of hydrogen-bond acceptors (Lipinski definition) is 4. The Morgan fingerprint density at radius 1 is 1.00 bits per heavy atom. The van der Waals surface area contributed by atoms with Gasteiger partial charge in [-0.1, -0.05) is 45.8 Å². The second kappa shape index (κ2) is 9.92. The van der Waals surface area contributed by atoms with Crippen molar-refractivity contribution in [3.05, 3.63) is 87.9 Å². The number of aliphatic imine (C=N–C) groups is 1. The first-order valence-electron chi connectivity index (χ1n) is 10.1. The Labute approximate surface area is 186 Å². The smallest absolute Gasteiger partial charge is 0.128 e. The van der Waals surface area contributed by atoms with E-state index in [1.165, 1.54) is 11.3 Å². The summed E-state index contributed by atoms with van der Waals surface area (Å²) < 4.78 is 12.5. The van der Waals surface area contributed by atoms with Crippen LogP contribution in [0.25, 0.3) is 0 Å². The van der Waals surface area contributed by atoms with Crippen LogP contribution in [0.5, 0.6) is 5.75 Å².